The molecule has 0 N–H and O–H groups in total. The number of hydrogen-bond donors (Lipinski definition) is 0. The van der Waals surface area contributed by atoms with Crippen molar-refractivity contribution < 1.29 is 0 Å². The minimum atomic E-state index is 0.733. The Kier molecular flexibility index (Phi) is 3.63. The average Bonchev–Trinajstić information content (AvgIpc) is 2.38. The van der Waals surface area contributed by atoms with Gasteiger partial charge in [0.2, 0.25) is 0 Å². The molecule has 0 saturated heterocycles. The lowest BCUT2D eigenvalue weighted by Gasteiger charge is -2.38. The first kappa shape index (κ1) is 12.5. The van der Waals surface area contributed by atoms with Gasteiger partial charge in [0.05, 0.1) is 0 Å². The Bertz CT molecular complexity index is 423. The van der Waals surface area contributed by atoms with E-state index in [-0.39, 0.29) is 0 Å². The Balaban J connectivity index is 1.91. The molecule has 0 aromatic heterocycles. The van der Waals surface area contributed by atoms with E-state index in [0.717, 1.165) is 23.4 Å². The molecule has 1 atom stereocenters. The number of hydrogen-bond acceptors (Lipinski definition) is 1. The third-order valence-corrected chi connectivity index (χ3v) is 4.91. The van der Waals surface area contributed by atoms with Crippen molar-refractivity contribution in [1.29, 1.82) is 0 Å². The fourth-order valence-electron chi connectivity index (χ4n) is 3.80. The van der Waals surface area contributed by atoms with Gasteiger partial charge < -0.3 is 4.90 Å². The standard InChI is InChI=1S/C16H22ClN/c1-18-10-13-9-14(17)7-8-15(13)16(11-18)12-5-3-2-4-6-12/h7-9,12,16H,2-6,10-11H2,1H3. The summed E-state index contributed by atoms with van der Waals surface area (Å²) in [7, 11) is 2.24. The Morgan fingerprint density at radius 1 is 1.17 bits per heavy atom. The van der Waals surface area contributed by atoms with E-state index in [1.807, 2.05) is 0 Å². The summed E-state index contributed by atoms with van der Waals surface area (Å²) in [6, 6.07) is 6.52. The first-order valence-electron chi connectivity index (χ1n) is 7.21. The first-order valence-corrected chi connectivity index (χ1v) is 7.58. The van der Waals surface area contributed by atoms with Crippen molar-refractivity contribution in [3.8, 4) is 0 Å². The van der Waals surface area contributed by atoms with Crippen molar-refractivity contribution >= 4 is 11.6 Å². The van der Waals surface area contributed by atoms with Gasteiger partial charge in [-0.05, 0) is 55.0 Å². The van der Waals surface area contributed by atoms with Crippen molar-refractivity contribution in [3.63, 3.8) is 0 Å². The highest BCUT2D eigenvalue weighted by Crippen LogP contribution is 2.40. The van der Waals surface area contributed by atoms with Gasteiger partial charge in [-0.25, -0.2) is 0 Å². The van der Waals surface area contributed by atoms with Gasteiger partial charge in [-0.2, -0.15) is 0 Å². The van der Waals surface area contributed by atoms with E-state index in [1.165, 1.54) is 44.2 Å². The van der Waals surface area contributed by atoms with Gasteiger partial charge in [0, 0.05) is 18.1 Å². The van der Waals surface area contributed by atoms with Crippen LogP contribution in [0, 0.1) is 5.92 Å². The molecule has 1 aliphatic heterocycles. The normalized spacial score (nSPS) is 26.0. The number of fused-ring (bicyclic) bond motifs is 1. The van der Waals surface area contributed by atoms with Crippen LogP contribution in [0.1, 0.15) is 49.1 Å². The Morgan fingerprint density at radius 2 is 1.94 bits per heavy atom. The minimum Gasteiger partial charge on any atom is -0.301 e. The molecule has 0 bridgehead atoms. The van der Waals surface area contributed by atoms with Crippen molar-refractivity contribution in [1.82, 2.24) is 4.90 Å². The summed E-state index contributed by atoms with van der Waals surface area (Å²) in [5, 5.41) is 0.881. The largest absolute Gasteiger partial charge is 0.301 e. The van der Waals surface area contributed by atoms with Crippen LogP contribution in [0.4, 0.5) is 0 Å². The van der Waals surface area contributed by atoms with Crippen molar-refractivity contribution in [3.05, 3.63) is 34.3 Å². The molecule has 1 aromatic rings. The summed E-state index contributed by atoms with van der Waals surface area (Å²) in [5.74, 6) is 1.62. The lowest BCUT2D eigenvalue weighted by atomic mass is 9.74. The average molecular weight is 264 g/mol. The summed E-state index contributed by atoms with van der Waals surface area (Å²) in [4.78, 5) is 2.46. The smallest absolute Gasteiger partial charge is 0.0409 e. The van der Waals surface area contributed by atoms with Crippen molar-refractivity contribution in [2.75, 3.05) is 13.6 Å². The number of benzene rings is 1. The van der Waals surface area contributed by atoms with E-state index in [9.17, 15) is 0 Å². The van der Waals surface area contributed by atoms with Crippen molar-refractivity contribution in [2.45, 2.75) is 44.6 Å². The second-order valence-corrected chi connectivity index (χ2v) is 6.48. The molecule has 1 unspecified atom stereocenters. The zero-order chi connectivity index (χ0) is 12.5. The predicted molar refractivity (Wildman–Crippen MR) is 77.1 cm³/mol. The molecule has 0 radical (unpaired) electrons. The molecule has 1 saturated carbocycles. The molecule has 0 amide bonds. The number of halogens is 1. The third-order valence-electron chi connectivity index (χ3n) is 4.67. The molecule has 3 rings (SSSR count). The Labute approximate surface area is 115 Å². The highest BCUT2D eigenvalue weighted by atomic mass is 35.5. The summed E-state index contributed by atoms with van der Waals surface area (Å²) >= 11 is 6.14. The van der Waals surface area contributed by atoms with Crippen LogP contribution in [0.15, 0.2) is 18.2 Å². The molecule has 18 heavy (non-hydrogen) atoms. The molecule has 1 aromatic carbocycles. The van der Waals surface area contributed by atoms with Gasteiger partial charge >= 0.3 is 0 Å². The van der Waals surface area contributed by atoms with E-state index in [1.54, 1.807) is 5.56 Å². The highest BCUT2D eigenvalue weighted by Gasteiger charge is 2.30. The van der Waals surface area contributed by atoms with Crippen LogP contribution in [0.2, 0.25) is 5.02 Å². The molecule has 2 heteroatoms. The SMILES string of the molecule is CN1Cc2cc(Cl)ccc2C(C2CCCCC2)C1. The van der Waals surface area contributed by atoms with Crippen LogP contribution >= 0.6 is 11.6 Å². The van der Waals surface area contributed by atoms with E-state index in [2.05, 4.69) is 30.1 Å². The van der Waals surface area contributed by atoms with E-state index < -0.39 is 0 Å². The molecular formula is C16H22ClN. The number of likely N-dealkylation sites (N-methyl/N-ethyl adjacent to an activating group) is 1. The van der Waals surface area contributed by atoms with Gasteiger partial charge in [-0.15, -0.1) is 0 Å². The molecule has 1 fully saturated rings. The third kappa shape index (κ3) is 2.44. The van der Waals surface area contributed by atoms with Crippen LogP contribution in [-0.2, 0) is 6.54 Å². The summed E-state index contributed by atoms with van der Waals surface area (Å²) in [6.07, 6.45) is 7.12. The fraction of sp³-hybridized carbons (Fsp3) is 0.625. The quantitative estimate of drug-likeness (QED) is 0.724. The topological polar surface area (TPSA) is 3.24 Å². The maximum atomic E-state index is 6.14. The molecule has 1 heterocycles. The molecular weight excluding hydrogens is 242 g/mol. The van der Waals surface area contributed by atoms with E-state index >= 15 is 0 Å². The zero-order valence-corrected chi connectivity index (χ0v) is 11.9. The maximum absolute atomic E-state index is 6.14. The lowest BCUT2D eigenvalue weighted by molar-refractivity contribution is 0.209. The van der Waals surface area contributed by atoms with Crippen LogP contribution < -0.4 is 0 Å². The second kappa shape index (κ2) is 5.22. The fourth-order valence-corrected chi connectivity index (χ4v) is 4.00. The Morgan fingerprint density at radius 3 is 2.72 bits per heavy atom. The Hall–Kier alpha value is -0.530. The number of rotatable bonds is 1. The molecule has 1 aliphatic carbocycles. The van der Waals surface area contributed by atoms with Gasteiger partial charge in [0.15, 0.2) is 0 Å². The summed E-state index contributed by atoms with van der Waals surface area (Å²) in [5.41, 5.74) is 3.02. The zero-order valence-electron chi connectivity index (χ0n) is 11.2. The van der Waals surface area contributed by atoms with Crippen LogP contribution in [0.5, 0.6) is 0 Å². The lowest BCUT2D eigenvalue weighted by Crippen LogP contribution is -2.34. The molecule has 1 nitrogen and oxygen atoms in total. The molecule has 2 aliphatic rings. The maximum Gasteiger partial charge on any atom is 0.0409 e. The first-order chi connectivity index (χ1) is 8.74. The minimum absolute atomic E-state index is 0.733. The van der Waals surface area contributed by atoms with Gasteiger partial charge in [0.1, 0.15) is 0 Å². The second-order valence-electron chi connectivity index (χ2n) is 6.04. The van der Waals surface area contributed by atoms with Crippen molar-refractivity contribution in [2.24, 2.45) is 5.92 Å². The summed E-state index contributed by atoms with van der Waals surface area (Å²) < 4.78 is 0. The highest BCUT2D eigenvalue weighted by molar-refractivity contribution is 6.30. The predicted octanol–water partition coefficient (Wildman–Crippen LogP) is 4.45. The van der Waals surface area contributed by atoms with Gasteiger partial charge in [-0.1, -0.05) is 36.9 Å². The monoisotopic (exact) mass is 263 g/mol. The van der Waals surface area contributed by atoms with E-state index in [0.29, 0.717) is 0 Å². The van der Waals surface area contributed by atoms with Crippen LogP contribution in [0.25, 0.3) is 0 Å². The van der Waals surface area contributed by atoms with Crippen LogP contribution in [0.3, 0.4) is 0 Å². The van der Waals surface area contributed by atoms with E-state index in [4.69, 9.17) is 11.6 Å². The van der Waals surface area contributed by atoms with Gasteiger partial charge in [-0.3, -0.25) is 0 Å². The van der Waals surface area contributed by atoms with Gasteiger partial charge in [0.25, 0.3) is 0 Å². The van der Waals surface area contributed by atoms with Crippen LogP contribution in [-0.4, -0.2) is 18.5 Å². The summed E-state index contributed by atoms with van der Waals surface area (Å²) in [6.45, 7) is 2.28. The molecule has 0 spiro atoms. The molecule has 98 valence electrons. The number of nitrogens with zero attached hydrogens (tertiary/aromatic N) is 1.